The lowest BCUT2D eigenvalue weighted by atomic mass is 9.62. The van der Waals surface area contributed by atoms with Crippen LogP contribution in [0.2, 0.25) is 10.0 Å². The van der Waals surface area contributed by atoms with E-state index in [0.29, 0.717) is 42.0 Å². The zero-order chi connectivity index (χ0) is 27.6. The summed E-state index contributed by atoms with van der Waals surface area (Å²) in [6.07, 6.45) is 2.19. The Kier molecular flexibility index (Phi) is 6.83. The van der Waals surface area contributed by atoms with Crippen LogP contribution in [0.4, 0.5) is 10.1 Å². The highest BCUT2D eigenvalue weighted by molar-refractivity contribution is 6.31. The maximum Gasteiger partial charge on any atom is 0.238 e. The summed E-state index contributed by atoms with van der Waals surface area (Å²) in [5.41, 5.74) is -0.910. The van der Waals surface area contributed by atoms with Crippen molar-refractivity contribution < 1.29 is 19.1 Å². The minimum Gasteiger partial charge on any atom is -0.390 e. The summed E-state index contributed by atoms with van der Waals surface area (Å²) in [5.74, 6) is -2.17. The van der Waals surface area contributed by atoms with Crippen molar-refractivity contribution >= 4 is 40.7 Å². The SMILES string of the molecule is CC(C)(C)C[C@H]1N[C@@H](C(=O)NC2CC[C@@](C)(O)C2)[C@H](c2cccc(Cl)c2F)[C@@]12C(=O)Nc1cc(Cl)ccc12. The van der Waals surface area contributed by atoms with Gasteiger partial charge < -0.3 is 21.1 Å². The maximum atomic E-state index is 15.8. The number of benzene rings is 2. The van der Waals surface area contributed by atoms with E-state index in [1.807, 2.05) is 0 Å². The van der Waals surface area contributed by atoms with Crippen molar-refractivity contribution in [2.75, 3.05) is 5.32 Å². The first-order valence-electron chi connectivity index (χ1n) is 13.1. The van der Waals surface area contributed by atoms with Gasteiger partial charge in [-0.25, -0.2) is 4.39 Å². The first-order valence-corrected chi connectivity index (χ1v) is 13.8. The summed E-state index contributed by atoms with van der Waals surface area (Å²) >= 11 is 12.5. The molecular weight excluding hydrogens is 528 g/mol. The van der Waals surface area contributed by atoms with Gasteiger partial charge in [0.15, 0.2) is 0 Å². The Labute approximate surface area is 232 Å². The second-order valence-corrected chi connectivity index (χ2v) is 13.4. The second kappa shape index (κ2) is 9.47. The van der Waals surface area contributed by atoms with Crippen LogP contribution in [0.15, 0.2) is 36.4 Å². The molecule has 4 N–H and O–H groups in total. The lowest BCUT2D eigenvalue weighted by Crippen LogP contribution is -2.49. The first-order chi connectivity index (χ1) is 17.7. The standard InChI is InChI=1S/C29H34Cl2FN3O3/c1-27(2,3)14-21-29(18-9-8-15(30)12-20(18)34-26(29)37)22(17-6-5-7-19(31)23(17)32)24(35-21)25(36)33-16-10-11-28(4,38)13-16/h5-9,12,16,21-22,24,35,38H,10-11,13-14H2,1-4H3,(H,33,36)(H,34,37)/t16?,21-,22+,24-,28-,29+/m1/s1. The zero-order valence-corrected chi connectivity index (χ0v) is 23.5. The first kappa shape index (κ1) is 27.4. The van der Waals surface area contributed by atoms with Crippen molar-refractivity contribution in [3.8, 4) is 0 Å². The molecule has 1 unspecified atom stereocenters. The van der Waals surface area contributed by atoms with Crippen LogP contribution in [0.1, 0.15) is 70.4 Å². The third kappa shape index (κ3) is 4.61. The third-order valence-electron chi connectivity index (χ3n) is 8.28. The molecule has 0 bridgehead atoms. The third-order valence-corrected chi connectivity index (χ3v) is 8.81. The number of anilines is 1. The molecule has 9 heteroatoms. The van der Waals surface area contributed by atoms with E-state index in [0.717, 1.165) is 0 Å². The molecule has 2 fully saturated rings. The molecule has 5 rings (SSSR count). The van der Waals surface area contributed by atoms with Crippen LogP contribution < -0.4 is 16.0 Å². The zero-order valence-electron chi connectivity index (χ0n) is 22.0. The molecule has 0 aromatic heterocycles. The van der Waals surface area contributed by atoms with Crippen LogP contribution in [-0.4, -0.2) is 40.6 Å². The van der Waals surface area contributed by atoms with Gasteiger partial charge in [0, 0.05) is 28.7 Å². The summed E-state index contributed by atoms with van der Waals surface area (Å²) in [7, 11) is 0. The Morgan fingerprint density at radius 3 is 2.63 bits per heavy atom. The largest absolute Gasteiger partial charge is 0.390 e. The van der Waals surface area contributed by atoms with Crippen LogP contribution in [0.3, 0.4) is 0 Å². The molecule has 1 saturated carbocycles. The fourth-order valence-electron chi connectivity index (χ4n) is 6.79. The molecule has 2 aliphatic heterocycles. The van der Waals surface area contributed by atoms with Gasteiger partial charge in [-0.2, -0.15) is 0 Å². The van der Waals surface area contributed by atoms with Crippen molar-refractivity contribution in [3.63, 3.8) is 0 Å². The van der Waals surface area contributed by atoms with E-state index in [9.17, 15) is 14.7 Å². The molecule has 38 heavy (non-hydrogen) atoms. The van der Waals surface area contributed by atoms with E-state index in [1.54, 1.807) is 37.3 Å². The van der Waals surface area contributed by atoms with Crippen LogP contribution in [0.25, 0.3) is 0 Å². The van der Waals surface area contributed by atoms with Crippen LogP contribution in [-0.2, 0) is 15.0 Å². The number of aliphatic hydroxyl groups is 1. The summed E-state index contributed by atoms with van der Waals surface area (Å²) in [6.45, 7) is 7.97. The number of carbonyl (C=O) groups is 2. The molecule has 1 spiro atoms. The second-order valence-electron chi connectivity index (χ2n) is 12.5. The Hall–Kier alpha value is -2.19. The van der Waals surface area contributed by atoms with Crippen LogP contribution >= 0.6 is 23.2 Å². The monoisotopic (exact) mass is 561 g/mol. The Morgan fingerprint density at radius 1 is 1.24 bits per heavy atom. The highest BCUT2D eigenvalue weighted by Crippen LogP contribution is 2.57. The average Bonchev–Trinajstić information content (AvgIpc) is 3.41. The van der Waals surface area contributed by atoms with E-state index in [4.69, 9.17) is 23.2 Å². The maximum absolute atomic E-state index is 15.8. The fraction of sp³-hybridized carbons (Fsp3) is 0.517. The number of fused-ring (bicyclic) bond motifs is 2. The number of hydrogen-bond acceptors (Lipinski definition) is 4. The molecule has 2 heterocycles. The predicted molar refractivity (Wildman–Crippen MR) is 147 cm³/mol. The van der Waals surface area contributed by atoms with Crippen LogP contribution in [0, 0.1) is 11.2 Å². The molecule has 2 aromatic carbocycles. The van der Waals surface area contributed by atoms with E-state index in [1.165, 1.54) is 6.07 Å². The van der Waals surface area contributed by atoms with Gasteiger partial charge in [-0.3, -0.25) is 9.59 Å². The Morgan fingerprint density at radius 2 is 1.97 bits per heavy atom. The number of amides is 2. The molecule has 204 valence electrons. The van der Waals surface area contributed by atoms with Gasteiger partial charge >= 0.3 is 0 Å². The van der Waals surface area contributed by atoms with Crippen LogP contribution in [0.5, 0.6) is 0 Å². The number of halogens is 3. The van der Waals surface area contributed by atoms with Gasteiger partial charge in [-0.15, -0.1) is 0 Å². The molecule has 0 radical (unpaired) electrons. The number of rotatable bonds is 4. The summed E-state index contributed by atoms with van der Waals surface area (Å²) in [6, 6.07) is 8.29. The molecular formula is C29H34Cl2FN3O3. The summed E-state index contributed by atoms with van der Waals surface area (Å²) < 4.78 is 15.8. The molecule has 2 aromatic rings. The topological polar surface area (TPSA) is 90.5 Å². The minimum absolute atomic E-state index is 0.0716. The Bertz CT molecular complexity index is 1290. The molecule has 2 amide bonds. The molecule has 3 aliphatic rings. The lowest BCUT2D eigenvalue weighted by Gasteiger charge is -2.37. The van der Waals surface area contributed by atoms with Gasteiger partial charge in [0.25, 0.3) is 0 Å². The molecule has 6 atom stereocenters. The van der Waals surface area contributed by atoms with Crippen molar-refractivity contribution in [1.29, 1.82) is 0 Å². The van der Waals surface area contributed by atoms with Gasteiger partial charge in [-0.05, 0) is 67.3 Å². The average molecular weight is 563 g/mol. The number of nitrogens with one attached hydrogen (secondary N) is 3. The van der Waals surface area contributed by atoms with E-state index < -0.39 is 34.8 Å². The summed E-state index contributed by atoms with van der Waals surface area (Å²) in [4.78, 5) is 28.1. The lowest BCUT2D eigenvalue weighted by molar-refractivity contribution is -0.124. The van der Waals surface area contributed by atoms with E-state index >= 15 is 4.39 Å². The van der Waals surface area contributed by atoms with Gasteiger partial charge in [0.1, 0.15) is 11.2 Å². The van der Waals surface area contributed by atoms with Gasteiger partial charge in [0.2, 0.25) is 11.8 Å². The molecule has 1 saturated heterocycles. The number of hydrogen-bond donors (Lipinski definition) is 4. The van der Waals surface area contributed by atoms with E-state index in [-0.39, 0.29) is 33.9 Å². The normalized spacial score (nSPS) is 32.5. The number of carbonyl (C=O) groups excluding carboxylic acids is 2. The van der Waals surface area contributed by atoms with Gasteiger partial charge in [-0.1, -0.05) is 62.2 Å². The van der Waals surface area contributed by atoms with Crippen molar-refractivity contribution in [3.05, 3.63) is 63.4 Å². The summed E-state index contributed by atoms with van der Waals surface area (Å²) in [5, 5.41) is 20.4. The minimum atomic E-state index is -1.29. The highest BCUT2D eigenvalue weighted by atomic mass is 35.5. The highest BCUT2D eigenvalue weighted by Gasteiger charge is 2.66. The van der Waals surface area contributed by atoms with Crippen molar-refractivity contribution in [1.82, 2.24) is 10.6 Å². The van der Waals surface area contributed by atoms with E-state index in [2.05, 4.69) is 36.7 Å². The smallest absolute Gasteiger partial charge is 0.238 e. The Balaban J connectivity index is 1.68. The predicted octanol–water partition coefficient (Wildman–Crippen LogP) is 5.30. The molecule has 6 nitrogen and oxygen atoms in total. The quantitative estimate of drug-likeness (QED) is 0.407. The molecule has 1 aliphatic carbocycles. The fourth-order valence-corrected chi connectivity index (χ4v) is 7.14. The van der Waals surface area contributed by atoms with Crippen molar-refractivity contribution in [2.45, 2.75) is 88.4 Å². The van der Waals surface area contributed by atoms with Crippen molar-refractivity contribution in [2.24, 2.45) is 5.41 Å². The van der Waals surface area contributed by atoms with Gasteiger partial charge in [0.05, 0.1) is 16.7 Å².